The number of carbonyl (C=O) groups excluding carboxylic acids is 1. The Morgan fingerprint density at radius 1 is 1.38 bits per heavy atom. The van der Waals surface area contributed by atoms with Gasteiger partial charge in [0.25, 0.3) is 0 Å². The predicted octanol–water partition coefficient (Wildman–Crippen LogP) is 1.81. The van der Waals surface area contributed by atoms with Crippen LogP contribution < -0.4 is 5.32 Å². The van der Waals surface area contributed by atoms with Gasteiger partial charge >= 0.3 is 0 Å². The molecular formula is C15H23N3O2S. The number of hydrogen-bond acceptors (Lipinski definition) is 5. The quantitative estimate of drug-likeness (QED) is 0.719. The molecule has 2 aliphatic carbocycles. The summed E-state index contributed by atoms with van der Waals surface area (Å²) in [6.45, 7) is 1.57. The van der Waals surface area contributed by atoms with Crippen molar-refractivity contribution in [3.05, 3.63) is 10.6 Å². The zero-order valence-corrected chi connectivity index (χ0v) is 13.1. The first-order chi connectivity index (χ1) is 10.3. The monoisotopic (exact) mass is 309 g/mol. The van der Waals surface area contributed by atoms with Gasteiger partial charge in [0.15, 0.2) is 5.13 Å². The summed E-state index contributed by atoms with van der Waals surface area (Å²) >= 11 is 1.63. The largest absolute Gasteiger partial charge is 0.396 e. The average Bonchev–Trinajstić information content (AvgIpc) is 3.09. The molecule has 0 aromatic carbocycles. The van der Waals surface area contributed by atoms with Crippen molar-refractivity contribution in [2.75, 3.05) is 25.0 Å². The van der Waals surface area contributed by atoms with Crippen molar-refractivity contribution >= 4 is 22.4 Å². The van der Waals surface area contributed by atoms with Gasteiger partial charge in [-0.25, -0.2) is 4.98 Å². The first-order valence-corrected chi connectivity index (χ1v) is 8.71. The molecule has 1 fully saturated rings. The minimum absolute atomic E-state index is 0.0401. The van der Waals surface area contributed by atoms with E-state index in [0.29, 0.717) is 12.6 Å². The summed E-state index contributed by atoms with van der Waals surface area (Å²) in [7, 11) is 0. The predicted molar refractivity (Wildman–Crippen MR) is 83.7 cm³/mol. The topological polar surface area (TPSA) is 65.5 Å². The van der Waals surface area contributed by atoms with Gasteiger partial charge < -0.3 is 10.4 Å². The van der Waals surface area contributed by atoms with Crippen LogP contribution in [0.3, 0.4) is 0 Å². The SMILES string of the molecule is O=C(CN(CCCCO)C1CC1)Nc1nc2c(s1)CCC2. The fourth-order valence-corrected chi connectivity index (χ4v) is 3.91. The number of aliphatic hydroxyl groups excluding tert-OH is 1. The maximum Gasteiger partial charge on any atom is 0.240 e. The molecule has 6 heteroatoms. The van der Waals surface area contributed by atoms with E-state index >= 15 is 0 Å². The highest BCUT2D eigenvalue weighted by Gasteiger charge is 2.30. The Labute approximate surface area is 129 Å². The van der Waals surface area contributed by atoms with Crippen LogP contribution in [0.25, 0.3) is 0 Å². The number of nitrogens with one attached hydrogen (secondary N) is 1. The Hall–Kier alpha value is -0.980. The van der Waals surface area contributed by atoms with Crippen molar-refractivity contribution < 1.29 is 9.90 Å². The number of aliphatic hydroxyl groups is 1. The molecular weight excluding hydrogens is 286 g/mol. The van der Waals surface area contributed by atoms with Crippen LogP contribution >= 0.6 is 11.3 Å². The van der Waals surface area contributed by atoms with Gasteiger partial charge in [-0.3, -0.25) is 9.69 Å². The van der Waals surface area contributed by atoms with Gasteiger partial charge in [-0.1, -0.05) is 0 Å². The first-order valence-electron chi connectivity index (χ1n) is 7.89. The molecule has 0 spiro atoms. The third kappa shape index (κ3) is 4.02. The summed E-state index contributed by atoms with van der Waals surface area (Å²) in [4.78, 5) is 20.3. The highest BCUT2D eigenvalue weighted by atomic mass is 32.1. The molecule has 0 radical (unpaired) electrons. The van der Waals surface area contributed by atoms with Gasteiger partial charge in [-0.2, -0.15) is 0 Å². The van der Waals surface area contributed by atoms with Crippen molar-refractivity contribution in [1.82, 2.24) is 9.88 Å². The number of carbonyl (C=O) groups is 1. The van der Waals surface area contributed by atoms with Crippen molar-refractivity contribution in [3.63, 3.8) is 0 Å². The molecule has 0 bridgehead atoms. The summed E-state index contributed by atoms with van der Waals surface area (Å²) < 4.78 is 0. The van der Waals surface area contributed by atoms with Gasteiger partial charge in [-0.05, 0) is 51.5 Å². The van der Waals surface area contributed by atoms with Gasteiger partial charge in [0.05, 0.1) is 12.2 Å². The molecule has 1 aromatic heterocycles. The van der Waals surface area contributed by atoms with Gasteiger partial charge in [0.1, 0.15) is 0 Å². The van der Waals surface area contributed by atoms with Crippen molar-refractivity contribution in [2.24, 2.45) is 0 Å². The lowest BCUT2D eigenvalue weighted by Crippen LogP contribution is -2.35. The Bertz CT molecular complexity index is 478. The lowest BCUT2D eigenvalue weighted by Gasteiger charge is -2.20. The molecule has 1 heterocycles. The number of anilines is 1. The number of hydrogen-bond donors (Lipinski definition) is 2. The number of thiazole rings is 1. The fraction of sp³-hybridized carbons (Fsp3) is 0.733. The molecule has 0 aliphatic heterocycles. The van der Waals surface area contributed by atoms with Crippen molar-refractivity contribution in [3.8, 4) is 0 Å². The number of amides is 1. The first kappa shape index (κ1) is 14.9. The summed E-state index contributed by atoms with van der Waals surface area (Å²) in [5.41, 5.74) is 1.18. The zero-order chi connectivity index (χ0) is 14.7. The Morgan fingerprint density at radius 3 is 2.95 bits per heavy atom. The van der Waals surface area contributed by atoms with Crippen LogP contribution in [-0.4, -0.2) is 46.6 Å². The molecule has 0 saturated heterocycles. The van der Waals surface area contributed by atoms with Crippen LogP contribution in [0.1, 0.15) is 42.7 Å². The van der Waals surface area contributed by atoms with Gasteiger partial charge in [0.2, 0.25) is 5.91 Å². The molecule has 0 atom stereocenters. The molecule has 1 amide bonds. The van der Waals surface area contributed by atoms with E-state index in [9.17, 15) is 4.79 Å². The summed E-state index contributed by atoms with van der Waals surface area (Å²) in [6, 6.07) is 0.566. The highest BCUT2D eigenvalue weighted by Crippen LogP contribution is 2.31. The summed E-state index contributed by atoms with van der Waals surface area (Å²) in [6.07, 6.45) is 7.50. The lowest BCUT2D eigenvalue weighted by molar-refractivity contribution is -0.117. The fourth-order valence-electron chi connectivity index (χ4n) is 2.84. The van der Waals surface area contributed by atoms with Crippen LogP contribution in [0, 0.1) is 0 Å². The Morgan fingerprint density at radius 2 is 2.24 bits per heavy atom. The summed E-state index contributed by atoms with van der Waals surface area (Å²) in [5.74, 6) is 0.0401. The molecule has 2 N–H and O–H groups in total. The molecule has 3 rings (SSSR count). The molecule has 2 aliphatic rings. The number of unbranched alkanes of at least 4 members (excludes halogenated alkanes) is 1. The molecule has 1 saturated carbocycles. The van der Waals surface area contributed by atoms with Crippen molar-refractivity contribution in [2.45, 2.75) is 51.0 Å². The van der Waals surface area contributed by atoms with Gasteiger partial charge in [-0.15, -0.1) is 11.3 Å². The molecule has 116 valence electrons. The number of nitrogens with zero attached hydrogens (tertiary/aromatic N) is 2. The zero-order valence-electron chi connectivity index (χ0n) is 12.3. The molecule has 1 aromatic rings. The lowest BCUT2D eigenvalue weighted by atomic mass is 10.3. The van der Waals surface area contributed by atoms with E-state index < -0.39 is 0 Å². The average molecular weight is 309 g/mol. The van der Waals surface area contributed by atoms with E-state index in [0.717, 1.165) is 37.4 Å². The van der Waals surface area contributed by atoms with E-state index in [1.54, 1.807) is 11.3 Å². The number of aromatic nitrogens is 1. The second-order valence-electron chi connectivity index (χ2n) is 5.92. The molecule has 5 nitrogen and oxygen atoms in total. The third-order valence-electron chi connectivity index (χ3n) is 4.11. The second-order valence-corrected chi connectivity index (χ2v) is 7.01. The number of aryl methyl sites for hydroxylation is 2. The standard InChI is InChI=1S/C15H23N3O2S/c19-9-2-1-8-18(11-6-7-11)10-14(20)17-15-16-12-4-3-5-13(12)21-15/h11,19H,1-10H2,(H,16,17,20). The maximum absolute atomic E-state index is 12.2. The maximum atomic E-state index is 12.2. The van der Waals surface area contributed by atoms with E-state index in [4.69, 9.17) is 5.11 Å². The second kappa shape index (κ2) is 6.85. The van der Waals surface area contributed by atoms with Crippen LogP contribution in [0.5, 0.6) is 0 Å². The van der Waals surface area contributed by atoms with E-state index in [2.05, 4.69) is 15.2 Å². The number of fused-ring (bicyclic) bond motifs is 1. The Balaban J connectivity index is 1.49. The Kier molecular flexibility index (Phi) is 4.87. The molecule has 0 unspecified atom stereocenters. The van der Waals surface area contributed by atoms with Gasteiger partial charge in [0, 0.05) is 17.5 Å². The van der Waals surface area contributed by atoms with Crippen LogP contribution in [0.2, 0.25) is 0 Å². The normalized spacial score (nSPS) is 17.2. The summed E-state index contributed by atoms with van der Waals surface area (Å²) in [5, 5.41) is 12.6. The smallest absolute Gasteiger partial charge is 0.240 e. The van der Waals surface area contributed by atoms with E-state index in [-0.39, 0.29) is 12.5 Å². The number of rotatable bonds is 8. The van der Waals surface area contributed by atoms with E-state index in [1.807, 2.05) is 0 Å². The van der Waals surface area contributed by atoms with E-state index in [1.165, 1.54) is 29.8 Å². The van der Waals surface area contributed by atoms with Crippen molar-refractivity contribution in [1.29, 1.82) is 0 Å². The minimum Gasteiger partial charge on any atom is -0.396 e. The third-order valence-corrected chi connectivity index (χ3v) is 5.18. The van der Waals surface area contributed by atoms with Crippen LogP contribution in [0.4, 0.5) is 5.13 Å². The molecule has 21 heavy (non-hydrogen) atoms. The minimum atomic E-state index is 0.0401. The van der Waals surface area contributed by atoms with Crippen LogP contribution in [-0.2, 0) is 17.6 Å². The van der Waals surface area contributed by atoms with Crippen LogP contribution in [0.15, 0.2) is 0 Å². The highest BCUT2D eigenvalue weighted by molar-refractivity contribution is 7.15.